The van der Waals surface area contributed by atoms with E-state index in [1.165, 1.54) is 17.9 Å². The molecule has 0 radical (unpaired) electrons. The summed E-state index contributed by atoms with van der Waals surface area (Å²) in [5.41, 5.74) is 1.57. The molecule has 2 aliphatic heterocycles. The number of amides is 2. The zero-order valence-corrected chi connectivity index (χ0v) is 17.2. The van der Waals surface area contributed by atoms with Crippen molar-refractivity contribution < 1.29 is 23.8 Å². The summed E-state index contributed by atoms with van der Waals surface area (Å²) in [5, 5.41) is 19.9. The Kier molecular flexibility index (Phi) is 6.03. The first kappa shape index (κ1) is 21.0. The van der Waals surface area contributed by atoms with Crippen LogP contribution in [0.3, 0.4) is 0 Å². The number of halogens is 1. The SMILES string of the molecule is CC(=O)NC[C@H]1CN(c2ccc(N3CCC(n4nncc4CO)CC3)c(F)c2)C(=O)O1. The van der Waals surface area contributed by atoms with Crippen molar-refractivity contribution in [1.82, 2.24) is 20.3 Å². The maximum Gasteiger partial charge on any atom is 0.414 e. The van der Waals surface area contributed by atoms with Gasteiger partial charge in [0, 0.05) is 20.0 Å². The minimum atomic E-state index is -0.559. The van der Waals surface area contributed by atoms with E-state index in [0.29, 0.717) is 30.2 Å². The number of piperidine rings is 1. The summed E-state index contributed by atoms with van der Waals surface area (Å²) in [6, 6.07) is 4.83. The summed E-state index contributed by atoms with van der Waals surface area (Å²) in [6.07, 6.45) is 2.02. The van der Waals surface area contributed by atoms with E-state index in [4.69, 9.17) is 4.74 Å². The van der Waals surface area contributed by atoms with E-state index < -0.39 is 18.0 Å². The fraction of sp³-hybridized carbons (Fsp3) is 0.500. The monoisotopic (exact) mass is 432 g/mol. The maximum absolute atomic E-state index is 14.9. The molecule has 166 valence electrons. The molecule has 1 aromatic carbocycles. The van der Waals surface area contributed by atoms with Crippen LogP contribution in [0.1, 0.15) is 31.5 Å². The third-order valence-corrected chi connectivity index (χ3v) is 5.66. The van der Waals surface area contributed by atoms with Crippen molar-refractivity contribution in [3.63, 3.8) is 0 Å². The molecule has 0 spiro atoms. The largest absolute Gasteiger partial charge is 0.442 e. The lowest BCUT2D eigenvalue weighted by Gasteiger charge is -2.34. The van der Waals surface area contributed by atoms with Gasteiger partial charge in [0.25, 0.3) is 0 Å². The van der Waals surface area contributed by atoms with Gasteiger partial charge in [0.15, 0.2) is 0 Å². The summed E-state index contributed by atoms with van der Waals surface area (Å²) in [6.45, 7) is 3.01. The lowest BCUT2D eigenvalue weighted by Crippen LogP contribution is -2.36. The van der Waals surface area contributed by atoms with Crippen LogP contribution in [0.25, 0.3) is 0 Å². The maximum atomic E-state index is 14.9. The number of rotatable bonds is 6. The van der Waals surface area contributed by atoms with Crippen LogP contribution in [-0.4, -0.2) is 64.4 Å². The summed E-state index contributed by atoms with van der Waals surface area (Å²) in [5.74, 6) is -0.615. The van der Waals surface area contributed by atoms with Gasteiger partial charge in [0.2, 0.25) is 5.91 Å². The first-order valence-electron chi connectivity index (χ1n) is 10.2. The molecule has 0 bridgehead atoms. The summed E-state index contributed by atoms with van der Waals surface area (Å²) >= 11 is 0. The summed E-state index contributed by atoms with van der Waals surface area (Å²) in [7, 11) is 0. The minimum absolute atomic E-state index is 0.114. The number of aliphatic hydroxyl groups is 1. The van der Waals surface area contributed by atoms with Gasteiger partial charge in [-0.1, -0.05) is 5.21 Å². The van der Waals surface area contributed by atoms with Crippen LogP contribution < -0.4 is 15.1 Å². The Hall–Kier alpha value is -3.21. The van der Waals surface area contributed by atoms with Crippen molar-refractivity contribution >= 4 is 23.4 Å². The minimum Gasteiger partial charge on any atom is -0.442 e. The van der Waals surface area contributed by atoms with E-state index in [9.17, 15) is 19.1 Å². The second kappa shape index (κ2) is 8.88. The molecule has 11 heteroatoms. The Morgan fingerprint density at radius 1 is 1.35 bits per heavy atom. The van der Waals surface area contributed by atoms with Crippen LogP contribution in [0.4, 0.5) is 20.6 Å². The predicted octanol–water partition coefficient (Wildman–Crippen LogP) is 1.21. The number of aromatic nitrogens is 3. The number of aliphatic hydroxyl groups excluding tert-OH is 1. The van der Waals surface area contributed by atoms with E-state index in [0.717, 1.165) is 12.8 Å². The first-order chi connectivity index (χ1) is 15.0. The molecule has 31 heavy (non-hydrogen) atoms. The molecule has 0 unspecified atom stereocenters. The van der Waals surface area contributed by atoms with Crippen LogP contribution in [0, 0.1) is 5.82 Å². The van der Waals surface area contributed by atoms with Crippen molar-refractivity contribution in [2.75, 3.05) is 36.0 Å². The quantitative estimate of drug-likeness (QED) is 0.706. The molecular weight excluding hydrogens is 407 g/mol. The van der Waals surface area contributed by atoms with Crippen molar-refractivity contribution in [3.05, 3.63) is 35.9 Å². The molecule has 2 saturated heterocycles. The number of benzene rings is 1. The zero-order valence-electron chi connectivity index (χ0n) is 17.2. The lowest BCUT2D eigenvalue weighted by molar-refractivity contribution is -0.119. The van der Waals surface area contributed by atoms with E-state index in [1.54, 1.807) is 23.0 Å². The molecule has 0 saturated carbocycles. The average Bonchev–Trinajstić information content (AvgIpc) is 3.38. The highest BCUT2D eigenvalue weighted by molar-refractivity contribution is 5.90. The van der Waals surface area contributed by atoms with Crippen LogP contribution in [0.15, 0.2) is 24.4 Å². The molecule has 2 amide bonds. The molecule has 2 N–H and O–H groups in total. The number of anilines is 2. The van der Waals surface area contributed by atoms with E-state index in [-0.39, 0.29) is 31.6 Å². The zero-order chi connectivity index (χ0) is 22.0. The standard InChI is InChI=1S/C20H25FN6O4/c1-13(29)22-10-17-11-26(20(30)31-17)15-2-3-19(18(21)8-15)25-6-4-14(5-7-25)27-16(12-28)9-23-24-27/h2-3,8-9,14,17,28H,4-7,10-12H2,1H3,(H,22,29)/t17-/m0/s1. The third kappa shape index (κ3) is 4.46. The van der Waals surface area contributed by atoms with Gasteiger partial charge < -0.3 is 20.1 Å². The molecular formula is C20H25FN6O4. The molecule has 0 aliphatic carbocycles. The summed E-state index contributed by atoms with van der Waals surface area (Å²) < 4.78 is 21.9. The second-order valence-corrected chi connectivity index (χ2v) is 7.74. The van der Waals surface area contributed by atoms with Gasteiger partial charge >= 0.3 is 6.09 Å². The van der Waals surface area contributed by atoms with E-state index in [1.807, 2.05) is 4.90 Å². The topological polar surface area (TPSA) is 113 Å². The number of nitrogens with one attached hydrogen (secondary N) is 1. The van der Waals surface area contributed by atoms with Gasteiger partial charge in [-0.05, 0) is 31.0 Å². The molecule has 4 rings (SSSR count). The Balaban J connectivity index is 1.39. The van der Waals surface area contributed by atoms with Crippen LogP contribution in [0.2, 0.25) is 0 Å². The van der Waals surface area contributed by atoms with Gasteiger partial charge in [-0.3, -0.25) is 9.69 Å². The second-order valence-electron chi connectivity index (χ2n) is 7.74. The van der Waals surface area contributed by atoms with Gasteiger partial charge in [0.1, 0.15) is 11.9 Å². The van der Waals surface area contributed by atoms with E-state index >= 15 is 0 Å². The van der Waals surface area contributed by atoms with E-state index in [2.05, 4.69) is 15.6 Å². The molecule has 2 aliphatic rings. The van der Waals surface area contributed by atoms with Gasteiger partial charge in [-0.2, -0.15) is 0 Å². The Labute approximate surface area is 178 Å². The number of nitrogens with zero attached hydrogens (tertiary/aromatic N) is 5. The number of ether oxygens (including phenoxy) is 1. The highest BCUT2D eigenvalue weighted by atomic mass is 19.1. The van der Waals surface area contributed by atoms with Gasteiger partial charge in [-0.15, -0.1) is 5.10 Å². The average molecular weight is 432 g/mol. The third-order valence-electron chi connectivity index (χ3n) is 5.66. The number of hydrogen-bond acceptors (Lipinski definition) is 7. The van der Waals surface area contributed by atoms with Crippen molar-refractivity contribution in [2.24, 2.45) is 0 Å². The van der Waals surface area contributed by atoms with Crippen molar-refractivity contribution in [2.45, 2.75) is 38.5 Å². The number of cyclic esters (lactones) is 1. The molecule has 2 fully saturated rings. The smallest absolute Gasteiger partial charge is 0.414 e. The lowest BCUT2D eigenvalue weighted by atomic mass is 10.0. The predicted molar refractivity (Wildman–Crippen MR) is 109 cm³/mol. The Morgan fingerprint density at radius 3 is 2.81 bits per heavy atom. The first-order valence-corrected chi connectivity index (χ1v) is 10.2. The fourth-order valence-corrected chi connectivity index (χ4v) is 4.05. The van der Waals surface area contributed by atoms with Crippen LogP contribution in [0.5, 0.6) is 0 Å². The Morgan fingerprint density at radius 2 is 2.13 bits per heavy atom. The van der Waals surface area contributed by atoms with Crippen LogP contribution in [-0.2, 0) is 16.1 Å². The Bertz CT molecular complexity index is 959. The molecule has 3 heterocycles. The van der Waals surface area contributed by atoms with Crippen molar-refractivity contribution in [3.8, 4) is 0 Å². The molecule has 2 aromatic rings. The number of carbonyl (C=O) groups excluding carboxylic acids is 2. The molecule has 10 nitrogen and oxygen atoms in total. The highest BCUT2D eigenvalue weighted by Gasteiger charge is 2.33. The van der Waals surface area contributed by atoms with Crippen molar-refractivity contribution in [1.29, 1.82) is 0 Å². The highest BCUT2D eigenvalue weighted by Crippen LogP contribution is 2.31. The number of carbonyl (C=O) groups is 2. The van der Waals surface area contributed by atoms with Gasteiger partial charge in [0.05, 0.1) is 49.0 Å². The molecule has 1 aromatic heterocycles. The summed E-state index contributed by atoms with van der Waals surface area (Å²) in [4.78, 5) is 26.5. The normalized spacial score (nSPS) is 19.6. The fourth-order valence-electron chi connectivity index (χ4n) is 4.05. The van der Waals surface area contributed by atoms with Gasteiger partial charge in [-0.25, -0.2) is 13.9 Å². The molecule has 1 atom stereocenters. The number of hydrogen-bond donors (Lipinski definition) is 2. The van der Waals surface area contributed by atoms with Crippen LogP contribution >= 0.6 is 0 Å².